The van der Waals surface area contributed by atoms with Gasteiger partial charge in [0.1, 0.15) is 6.54 Å². The minimum Gasteiger partial charge on any atom is -0.316 e. The molecule has 0 spiro atoms. The van der Waals surface area contributed by atoms with Crippen LogP contribution in [0, 0.1) is 20.8 Å². The van der Waals surface area contributed by atoms with E-state index in [0.29, 0.717) is 15.7 Å². The first kappa shape index (κ1) is 27.4. The lowest BCUT2D eigenvalue weighted by atomic mass is 10.2. The molecule has 0 atom stereocenters. The van der Waals surface area contributed by atoms with Gasteiger partial charge in [-0.05, 0) is 69.3 Å². The molecule has 0 bridgehead atoms. The Morgan fingerprint density at radius 3 is 2.32 bits per heavy atom. The number of rotatable bonds is 8. The molecule has 1 N–H and O–H groups in total. The number of nitrogens with zero attached hydrogens (tertiary/aromatic N) is 3. The Morgan fingerprint density at radius 1 is 0.974 bits per heavy atom. The first-order valence-corrected chi connectivity index (χ1v) is 13.9. The Kier molecular flexibility index (Phi) is 8.26. The molecular formula is C28H26Cl2N4O3S. The van der Waals surface area contributed by atoms with Crippen LogP contribution in [0.2, 0.25) is 10.0 Å². The molecule has 0 saturated carbocycles. The Balaban J connectivity index is 1.54. The smallest absolute Gasteiger partial charge is 0.264 e. The van der Waals surface area contributed by atoms with Gasteiger partial charge in [-0.1, -0.05) is 59.1 Å². The maximum Gasteiger partial charge on any atom is 0.264 e. The van der Waals surface area contributed by atoms with Gasteiger partial charge >= 0.3 is 0 Å². The van der Waals surface area contributed by atoms with Crippen molar-refractivity contribution in [3.63, 3.8) is 0 Å². The van der Waals surface area contributed by atoms with E-state index >= 15 is 0 Å². The van der Waals surface area contributed by atoms with Crippen LogP contribution in [0.3, 0.4) is 0 Å². The fourth-order valence-corrected chi connectivity index (χ4v) is 5.95. The SMILES string of the molecule is Cc1ccc(S(=O)(=O)N(CC(=O)N/N=C\c2cc(C)n(-c3ccc(Cl)cc3Cl)c2C)c2ccccc2)cc1. The minimum atomic E-state index is -3.99. The van der Waals surface area contributed by atoms with E-state index in [9.17, 15) is 13.2 Å². The summed E-state index contributed by atoms with van der Waals surface area (Å²) in [5.74, 6) is -0.588. The summed E-state index contributed by atoms with van der Waals surface area (Å²) in [7, 11) is -3.99. The summed E-state index contributed by atoms with van der Waals surface area (Å²) >= 11 is 12.4. The fraction of sp³-hybridized carbons (Fsp3) is 0.143. The summed E-state index contributed by atoms with van der Waals surface area (Å²) in [6, 6.07) is 22.1. The normalized spacial score (nSPS) is 11.6. The Labute approximate surface area is 232 Å². The van der Waals surface area contributed by atoms with Gasteiger partial charge in [0.15, 0.2) is 0 Å². The highest BCUT2D eigenvalue weighted by Gasteiger charge is 2.27. The van der Waals surface area contributed by atoms with Crippen molar-refractivity contribution >= 4 is 51.0 Å². The summed E-state index contributed by atoms with van der Waals surface area (Å²) < 4.78 is 29.9. The number of benzene rings is 3. The predicted octanol–water partition coefficient (Wildman–Crippen LogP) is 6.05. The molecule has 196 valence electrons. The van der Waals surface area contributed by atoms with Crippen LogP contribution in [0.4, 0.5) is 5.69 Å². The van der Waals surface area contributed by atoms with Crippen molar-refractivity contribution in [3.8, 4) is 5.69 Å². The van der Waals surface area contributed by atoms with Crippen molar-refractivity contribution in [1.82, 2.24) is 9.99 Å². The summed E-state index contributed by atoms with van der Waals surface area (Å²) in [5, 5.41) is 5.13. The van der Waals surface area contributed by atoms with E-state index in [4.69, 9.17) is 23.2 Å². The largest absolute Gasteiger partial charge is 0.316 e. The number of aromatic nitrogens is 1. The number of hydrazone groups is 1. The lowest BCUT2D eigenvalue weighted by Crippen LogP contribution is -2.39. The lowest BCUT2D eigenvalue weighted by Gasteiger charge is -2.23. The average Bonchev–Trinajstić information content (AvgIpc) is 3.16. The van der Waals surface area contributed by atoms with Gasteiger partial charge in [-0.25, -0.2) is 13.8 Å². The van der Waals surface area contributed by atoms with E-state index in [1.54, 1.807) is 54.6 Å². The summed E-state index contributed by atoms with van der Waals surface area (Å²) in [4.78, 5) is 12.9. The summed E-state index contributed by atoms with van der Waals surface area (Å²) in [5.41, 5.74) is 7.06. The molecule has 3 aromatic carbocycles. The Morgan fingerprint density at radius 2 is 1.66 bits per heavy atom. The van der Waals surface area contributed by atoms with Crippen LogP contribution in [0.1, 0.15) is 22.5 Å². The molecule has 0 saturated heterocycles. The van der Waals surface area contributed by atoms with Crippen molar-refractivity contribution in [3.05, 3.63) is 111 Å². The third-order valence-electron chi connectivity index (χ3n) is 5.95. The molecule has 0 unspecified atom stereocenters. The van der Waals surface area contributed by atoms with Crippen LogP contribution in [0.5, 0.6) is 0 Å². The zero-order chi connectivity index (χ0) is 27.4. The van der Waals surface area contributed by atoms with Gasteiger partial charge < -0.3 is 4.57 Å². The topological polar surface area (TPSA) is 83.8 Å². The van der Waals surface area contributed by atoms with E-state index in [0.717, 1.165) is 32.5 Å². The van der Waals surface area contributed by atoms with Crippen LogP contribution in [0.25, 0.3) is 5.69 Å². The molecule has 0 aliphatic carbocycles. The number of hydrogen-bond donors (Lipinski definition) is 1. The van der Waals surface area contributed by atoms with E-state index < -0.39 is 22.5 Å². The number of carbonyl (C=O) groups is 1. The number of hydrogen-bond acceptors (Lipinski definition) is 4. The van der Waals surface area contributed by atoms with Crippen molar-refractivity contribution in [2.45, 2.75) is 25.7 Å². The van der Waals surface area contributed by atoms with E-state index in [2.05, 4.69) is 10.5 Å². The molecule has 4 aromatic rings. The van der Waals surface area contributed by atoms with Gasteiger partial charge in [0.05, 0.1) is 27.5 Å². The highest BCUT2D eigenvalue weighted by molar-refractivity contribution is 7.92. The number of carbonyl (C=O) groups excluding carboxylic acids is 1. The van der Waals surface area contributed by atoms with Gasteiger partial charge in [0, 0.05) is 22.0 Å². The van der Waals surface area contributed by atoms with Crippen LogP contribution in [0.15, 0.2) is 88.9 Å². The molecule has 0 aliphatic heterocycles. The molecule has 0 aliphatic rings. The standard InChI is InChI=1S/C28H26Cl2N4O3S/c1-19-9-12-25(13-10-19)38(36,37)33(24-7-5-4-6-8-24)18-28(35)32-31-17-22-15-20(2)34(21(22)3)27-14-11-23(29)16-26(27)30/h4-17H,18H2,1-3H3,(H,32,35)/b31-17-. The van der Waals surface area contributed by atoms with Crippen molar-refractivity contribution in [2.75, 3.05) is 10.8 Å². The number of nitrogens with one attached hydrogen (secondary N) is 1. The molecule has 1 heterocycles. The minimum absolute atomic E-state index is 0.0940. The molecular weight excluding hydrogens is 543 g/mol. The molecule has 1 amide bonds. The Hall–Kier alpha value is -3.59. The number of aryl methyl sites for hydroxylation is 2. The van der Waals surface area contributed by atoms with Crippen molar-refractivity contribution < 1.29 is 13.2 Å². The van der Waals surface area contributed by atoms with Gasteiger partial charge in [0.2, 0.25) is 0 Å². The fourth-order valence-electron chi connectivity index (χ4n) is 4.04. The summed E-state index contributed by atoms with van der Waals surface area (Å²) in [6.07, 6.45) is 1.52. The maximum absolute atomic E-state index is 13.4. The third kappa shape index (κ3) is 5.93. The molecule has 1 aromatic heterocycles. The van der Waals surface area contributed by atoms with E-state index in [-0.39, 0.29) is 4.90 Å². The highest BCUT2D eigenvalue weighted by Crippen LogP contribution is 2.28. The molecule has 0 radical (unpaired) electrons. The van der Waals surface area contributed by atoms with Crippen LogP contribution in [-0.4, -0.2) is 31.7 Å². The molecule has 0 fully saturated rings. The Bertz CT molecular complexity index is 1600. The number of para-hydroxylation sites is 1. The zero-order valence-corrected chi connectivity index (χ0v) is 23.3. The second-order valence-corrected chi connectivity index (χ2v) is 11.4. The van der Waals surface area contributed by atoms with Crippen LogP contribution >= 0.6 is 23.2 Å². The second kappa shape index (κ2) is 11.4. The van der Waals surface area contributed by atoms with Crippen LogP contribution < -0.4 is 9.73 Å². The first-order chi connectivity index (χ1) is 18.1. The average molecular weight is 570 g/mol. The monoisotopic (exact) mass is 568 g/mol. The molecule has 4 rings (SSSR count). The molecule has 38 heavy (non-hydrogen) atoms. The van der Waals surface area contributed by atoms with Crippen molar-refractivity contribution in [2.24, 2.45) is 5.10 Å². The number of halogens is 2. The van der Waals surface area contributed by atoms with Gasteiger partial charge in [-0.15, -0.1) is 0 Å². The van der Waals surface area contributed by atoms with Gasteiger partial charge in [-0.3, -0.25) is 9.10 Å². The zero-order valence-electron chi connectivity index (χ0n) is 21.0. The number of sulfonamides is 1. The van der Waals surface area contributed by atoms with Gasteiger partial charge in [-0.2, -0.15) is 5.10 Å². The van der Waals surface area contributed by atoms with E-state index in [1.807, 2.05) is 37.5 Å². The predicted molar refractivity (Wildman–Crippen MR) is 153 cm³/mol. The van der Waals surface area contributed by atoms with Gasteiger partial charge in [0.25, 0.3) is 15.9 Å². The first-order valence-electron chi connectivity index (χ1n) is 11.7. The molecule has 10 heteroatoms. The summed E-state index contributed by atoms with van der Waals surface area (Å²) in [6.45, 7) is 5.27. The molecule has 7 nitrogen and oxygen atoms in total. The number of amides is 1. The quantitative estimate of drug-likeness (QED) is 0.207. The maximum atomic E-state index is 13.4. The number of anilines is 1. The van der Waals surface area contributed by atoms with E-state index in [1.165, 1.54) is 18.3 Å². The third-order valence-corrected chi connectivity index (χ3v) is 8.28. The highest BCUT2D eigenvalue weighted by atomic mass is 35.5. The lowest BCUT2D eigenvalue weighted by molar-refractivity contribution is -0.119. The van der Waals surface area contributed by atoms with Crippen molar-refractivity contribution in [1.29, 1.82) is 0 Å². The van der Waals surface area contributed by atoms with Crippen LogP contribution in [-0.2, 0) is 14.8 Å². The second-order valence-electron chi connectivity index (χ2n) is 8.71.